The third kappa shape index (κ3) is 8.76. The van der Waals surface area contributed by atoms with Crippen molar-refractivity contribution in [3.8, 4) is 0 Å². The standard InChI is InChI=1S/C15H27N3O4.ClH/c1-3-8-18(10-14(20)21)9-13(19)17-15(22)16-12-7-5-4-6-11(12)2;/h11-12H,3-10H2,1-2H3,(H,20,21)(H2,16,17,19,22);1H. The number of nitrogens with zero attached hydrogens (tertiary/aromatic N) is 1. The lowest BCUT2D eigenvalue weighted by molar-refractivity contribution is -0.138. The molecule has 0 radical (unpaired) electrons. The van der Waals surface area contributed by atoms with Gasteiger partial charge >= 0.3 is 12.0 Å². The van der Waals surface area contributed by atoms with Crippen molar-refractivity contribution in [2.45, 2.75) is 52.0 Å². The molecule has 0 heterocycles. The van der Waals surface area contributed by atoms with Gasteiger partial charge in [0.25, 0.3) is 0 Å². The minimum atomic E-state index is -0.985. The Balaban J connectivity index is 0.00000484. The number of carbonyl (C=O) groups excluding carboxylic acids is 2. The van der Waals surface area contributed by atoms with Crippen molar-refractivity contribution in [3.05, 3.63) is 0 Å². The molecular weight excluding hydrogens is 322 g/mol. The Hall–Kier alpha value is -1.34. The van der Waals surface area contributed by atoms with Gasteiger partial charge in [-0.2, -0.15) is 0 Å². The smallest absolute Gasteiger partial charge is 0.321 e. The average Bonchev–Trinajstić information content (AvgIpc) is 2.40. The second-order valence-electron chi connectivity index (χ2n) is 5.99. The number of carbonyl (C=O) groups is 3. The van der Waals surface area contributed by atoms with Gasteiger partial charge in [0, 0.05) is 6.04 Å². The first-order chi connectivity index (χ1) is 10.4. The van der Waals surface area contributed by atoms with Gasteiger partial charge in [0.15, 0.2) is 0 Å². The summed E-state index contributed by atoms with van der Waals surface area (Å²) in [6.07, 6.45) is 5.03. The van der Waals surface area contributed by atoms with Crippen LogP contribution < -0.4 is 10.6 Å². The fourth-order valence-electron chi connectivity index (χ4n) is 2.83. The number of urea groups is 1. The largest absolute Gasteiger partial charge is 0.480 e. The normalized spacial score (nSPS) is 20.5. The van der Waals surface area contributed by atoms with Crippen molar-refractivity contribution >= 4 is 30.3 Å². The average molecular weight is 350 g/mol. The Morgan fingerprint density at radius 1 is 1.17 bits per heavy atom. The Morgan fingerprint density at radius 2 is 1.83 bits per heavy atom. The lowest BCUT2D eigenvalue weighted by Crippen LogP contribution is -2.50. The molecule has 2 atom stereocenters. The third-order valence-corrected chi connectivity index (χ3v) is 3.95. The van der Waals surface area contributed by atoms with Crippen LogP contribution in [0.25, 0.3) is 0 Å². The maximum Gasteiger partial charge on any atom is 0.321 e. The van der Waals surface area contributed by atoms with Crippen molar-refractivity contribution < 1.29 is 19.5 Å². The van der Waals surface area contributed by atoms with Gasteiger partial charge in [0.05, 0.1) is 13.1 Å². The highest BCUT2D eigenvalue weighted by Crippen LogP contribution is 2.23. The second-order valence-corrected chi connectivity index (χ2v) is 5.99. The lowest BCUT2D eigenvalue weighted by atomic mass is 9.86. The van der Waals surface area contributed by atoms with Gasteiger partial charge in [-0.1, -0.05) is 26.7 Å². The number of aliphatic carboxylic acids is 1. The fourth-order valence-corrected chi connectivity index (χ4v) is 2.83. The molecule has 23 heavy (non-hydrogen) atoms. The van der Waals surface area contributed by atoms with E-state index in [4.69, 9.17) is 5.11 Å². The molecule has 1 saturated carbocycles. The van der Waals surface area contributed by atoms with Crippen LogP contribution in [0.3, 0.4) is 0 Å². The summed E-state index contributed by atoms with van der Waals surface area (Å²) in [5.41, 5.74) is 0. The van der Waals surface area contributed by atoms with E-state index in [2.05, 4.69) is 17.6 Å². The fraction of sp³-hybridized carbons (Fsp3) is 0.800. The van der Waals surface area contributed by atoms with E-state index in [0.29, 0.717) is 12.5 Å². The van der Waals surface area contributed by atoms with Gasteiger partial charge in [-0.25, -0.2) is 4.79 Å². The highest BCUT2D eigenvalue weighted by atomic mass is 35.5. The first-order valence-corrected chi connectivity index (χ1v) is 7.96. The Labute approximate surface area is 143 Å². The number of carboxylic acid groups (broad SMARTS) is 1. The number of hydrogen-bond donors (Lipinski definition) is 3. The van der Waals surface area contributed by atoms with E-state index in [1.165, 1.54) is 11.3 Å². The van der Waals surface area contributed by atoms with Crippen LogP contribution in [-0.4, -0.2) is 53.6 Å². The zero-order chi connectivity index (χ0) is 16.5. The topological polar surface area (TPSA) is 98.7 Å². The number of rotatable bonds is 7. The molecule has 3 amide bonds. The SMILES string of the molecule is CCCN(CC(=O)O)CC(=O)NC(=O)NC1CCCCC1C.Cl. The number of nitrogens with one attached hydrogen (secondary N) is 2. The molecule has 134 valence electrons. The first kappa shape index (κ1) is 21.7. The van der Waals surface area contributed by atoms with E-state index in [-0.39, 0.29) is 31.5 Å². The van der Waals surface area contributed by atoms with Crippen LogP contribution in [0.15, 0.2) is 0 Å². The maximum absolute atomic E-state index is 11.9. The summed E-state index contributed by atoms with van der Waals surface area (Å²) in [5, 5.41) is 13.9. The predicted octanol–water partition coefficient (Wildman–Crippen LogP) is 1.61. The zero-order valence-corrected chi connectivity index (χ0v) is 14.7. The van der Waals surface area contributed by atoms with E-state index in [1.807, 2.05) is 6.92 Å². The molecule has 0 aromatic rings. The Morgan fingerprint density at radius 3 is 2.39 bits per heavy atom. The summed E-state index contributed by atoms with van der Waals surface area (Å²) in [6.45, 7) is 4.21. The number of carboxylic acids is 1. The van der Waals surface area contributed by atoms with E-state index in [9.17, 15) is 14.4 Å². The van der Waals surface area contributed by atoms with E-state index >= 15 is 0 Å². The molecule has 0 aromatic heterocycles. The number of imide groups is 1. The molecule has 1 fully saturated rings. The molecular formula is C15H28ClN3O4. The van der Waals surface area contributed by atoms with Crippen LogP contribution >= 0.6 is 12.4 Å². The Bertz CT molecular complexity index is 406. The van der Waals surface area contributed by atoms with Crippen LogP contribution in [0.1, 0.15) is 46.0 Å². The summed E-state index contributed by atoms with van der Waals surface area (Å²) in [4.78, 5) is 35.9. The molecule has 3 N–H and O–H groups in total. The summed E-state index contributed by atoms with van der Waals surface area (Å²) in [5.74, 6) is -1.05. The minimum absolute atomic E-state index is 0. The molecule has 0 saturated heterocycles. The summed E-state index contributed by atoms with van der Waals surface area (Å²) < 4.78 is 0. The first-order valence-electron chi connectivity index (χ1n) is 7.96. The number of amides is 3. The summed E-state index contributed by atoms with van der Waals surface area (Å²) in [6, 6.07) is -0.386. The molecule has 7 nitrogen and oxygen atoms in total. The van der Waals surface area contributed by atoms with Crippen molar-refractivity contribution in [1.29, 1.82) is 0 Å². The van der Waals surface area contributed by atoms with Crippen LogP contribution in [0.2, 0.25) is 0 Å². The highest BCUT2D eigenvalue weighted by molar-refractivity contribution is 5.95. The summed E-state index contributed by atoms with van der Waals surface area (Å²) >= 11 is 0. The van der Waals surface area contributed by atoms with E-state index in [0.717, 1.165) is 25.7 Å². The quantitative estimate of drug-likeness (QED) is 0.648. The number of hydrogen-bond acceptors (Lipinski definition) is 4. The molecule has 8 heteroatoms. The predicted molar refractivity (Wildman–Crippen MR) is 89.7 cm³/mol. The molecule has 1 aliphatic rings. The number of halogens is 1. The molecule has 0 aromatic carbocycles. The van der Waals surface area contributed by atoms with Crippen LogP contribution in [0.4, 0.5) is 4.79 Å². The zero-order valence-electron chi connectivity index (χ0n) is 13.8. The van der Waals surface area contributed by atoms with Crippen molar-refractivity contribution in [2.75, 3.05) is 19.6 Å². The molecule has 0 bridgehead atoms. The molecule has 1 rings (SSSR count). The minimum Gasteiger partial charge on any atom is -0.480 e. The van der Waals surface area contributed by atoms with E-state index in [1.54, 1.807) is 0 Å². The highest BCUT2D eigenvalue weighted by Gasteiger charge is 2.23. The van der Waals surface area contributed by atoms with Crippen molar-refractivity contribution in [1.82, 2.24) is 15.5 Å². The third-order valence-electron chi connectivity index (χ3n) is 3.95. The molecule has 2 unspecified atom stereocenters. The van der Waals surface area contributed by atoms with Gasteiger partial charge in [0.2, 0.25) is 5.91 Å². The lowest BCUT2D eigenvalue weighted by Gasteiger charge is -2.29. The van der Waals surface area contributed by atoms with E-state index < -0.39 is 17.9 Å². The molecule has 1 aliphatic carbocycles. The Kier molecular flexibility index (Phi) is 10.6. The second kappa shape index (κ2) is 11.2. The van der Waals surface area contributed by atoms with Crippen molar-refractivity contribution in [2.24, 2.45) is 5.92 Å². The van der Waals surface area contributed by atoms with Crippen LogP contribution in [-0.2, 0) is 9.59 Å². The van der Waals surface area contributed by atoms with Gasteiger partial charge in [-0.3, -0.25) is 19.8 Å². The maximum atomic E-state index is 11.9. The van der Waals surface area contributed by atoms with Crippen molar-refractivity contribution in [3.63, 3.8) is 0 Å². The molecule has 0 spiro atoms. The monoisotopic (exact) mass is 349 g/mol. The van der Waals surface area contributed by atoms with Gasteiger partial charge in [-0.15, -0.1) is 12.4 Å². The van der Waals surface area contributed by atoms with Gasteiger partial charge < -0.3 is 10.4 Å². The molecule has 0 aliphatic heterocycles. The van der Waals surface area contributed by atoms with Gasteiger partial charge in [0.1, 0.15) is 0 Å². The van der Waals surface area contributed by atoms with Crippen LogP contribution in [0.5, 0.6) is 0 Å². The van der Waals surface area contributed by atoms with Crippen LogP contribution in [0, 0.1) is 5.92 Å². The summed E-state index contributed by atoms with van der Waals surface area (Å²) in [7, 11) is 0. The van der Waals surface area contributed by atoms with Gasteiger partial charge in [-0.05, 0) is 31.7 Å².